The molecule has 0 atom stereocenters. The minimum Gasteiger partial charge on any atom is -0.475 e. The third-order valence-electron chi connectivity index (χ3n) is 2.64. The van der Waals surface area contributed by atoms with Crippen LogP contribution in [0.1, 0.15) is 21.9 Å². The maximum absolute atomic E-state index is 10.7. The van der Waals surface area contributed by atoms with E-state index in [-0.39, 0.29) is 5.82 Å². The molecule has 15 heavy (non-hydrogen) atoms. The molecule has 5 heteroatoms. The number of fused-ring (bicyclic) bond motifs is 1. The molecule has 0 radical (unpaired) electrons. The lowest BCUT2D eigenvalue weighted by molar-refractivity contribution is 0.0683. The monoisotopic (exact) mass is 207 g/mol. The van der Waals surface area contributed by atoms with Gasteiger partial charge in [-0.1, -0.05) is 0 Å². The third-order valence-corrected chi connectivity index (χ3v) is 2.64. The molecule has 1 aliphatic heterocycles. The van der Waals surface area contributed by atoms with Gasteiger partial charge in [-0.25, -0.2) is 14.8 Å². The fourth-order valence-corrected chi connectivity index (χ4v) is 1.69. The Balaban J connectivity index is 2.32. The Hall–Kier alpha value is -1.49. The van der Waals surface area contributed by atoms with Crippen LogP contribution >= 0.6 is 0 Å². The Labute approximate surface area is 87.8 Å². The van der Waals surface area contributed by atoms with Crippen LogP contribution < -0.4 is 0 Å². The highest BCUT2D eigenvalue weighted by atomic mass is 16.4. The van der Waals surface area contributed by atoms with Gasteiger partial charge in [-0.15, -0.1) is 0 Å². The van der Waals surface area contributed by atoms with Crippen LogP contribution in [0.4, 0.5) is 0 Å². The standard InChI is InChI=1S/C10H13N3O2/c1-13-4-2-7-6-11-9(10(14)15)12-8(7)3-5-13/h6H,2-5H2,1H3,(H,14,15). The summed E-state index contributed by atoms with van der Waals surface area (Å²) in [6.45, 7) is 1.89. The summed E-state index contributed by atoms with van der Waals surface area (Å²) in [7, 11) is 2.05. The predicted octanol–water partition coefficient (Wildman–Crippen LogP) is 0.205. The Morgan fingerprint density at radius 1 is 1.47 bits per heavy atom. The number of aromatic carboxylic acids is 1. The smallest absolute Gasteiger partial charge is 0.373 e. The number of carboxylic acids is 1. The second kappa shape index (κ2) is 3.94. The van der Waals surface area contributed by atoms with Crippen molar-refractivity contribution >= 4 is 5.97 Å². The van der Waals surface area contributed by atoms with Crippen LogP contribution in [0, 0.1) is 0 Å². The predicted molar refractivity (Wildman–Crippen MR) is 53.9 cm³/mol. The van der Waals surface area contributed by atoms with Gasteiger partial charge in [-0.2, -0.15) is 0 Å². The summed E-state index contributed by atoms with van der Waals surface area (Å²) in [5.41, 5.74) is 1.95. The van der Waals surface area contributed by atoms with E-state index in [0.29, 0.717) is 0 Å². The third kappa shape index (κ3) is 2.12. The Kier molecular flexibility index (Phi) is 2.64. The number of hydrogen-bond acceptors (Lipinski definition) is 4. The van der Waals surface area contributed by atoms with Gasteiger partial charge in [0.2, 0.25) is 5.82 Å². The fraction of sp³-hybridized carbons (Fsp3) is 0.500. The molecule has 0 fully saturated rings. The number of carbonyl (C=O) groups is 1. The topological polar surface area (TPSA) is 66.3 Å². The van der Waals surface area contributed by atoms with Crippen LogP contribution in [-0.2, 0) is 12.8 Å². The molecule has 1 aliphatic rings. The van der Waals surface area contributed by atoms with Crippen molar-refractivity contribution in [2.24, 2.45) is 0 Å². The molecule has 2 rings (SSSR count). The summed E-state index contributed by atoms with van der Waals surface area (Å²) in [5.74, 6) is -1.16. The molecule has 1 N–H and O–H groups in total. The van der Waals surface area contributed by atoms with Crippen LogP contribution in [0.2, 0.25) is 0 Å². The van der Waals surface area contributed by atoms with Gasteiger partial charge in [-0.3, -0.25) is 0 Å². The van der Waals surface area contributed by atoms with E-state index < -0.39 is 5.97 Å². The lowest BCUT2D eigenvalue weighted by Crippen LogP contribution is -2.20. The molecule has 0 spiro atoms. The molecule has 1 aromatic heterocycles. The van der Waals surface area contributed by atoms with E-state index in [1.807, 2.05) is 0 Å². The molecule has 2 heterocycles. The molecule has 80 valence electrons. The first-order valence-corrected chi connectivity index (χ1v) is 4.93. The zero-order chi connectivity index (χ0) is 10.8. The van der Waals surface area contributed by atoms with E-state index in [0.717, 1.165) is 37.2 Å². The number of carboxylic acid groups (broad SMARTS) is 1. The highest BCUT2D eigenvalue weighted by Gasteiger charge is 2.15. The molecular formula is C10H13N3O2. The van der Waals surface area contributed by atoms with Gasteiger partial charge in [0.1, 0.15) is 0 Å². The molecule has 0 saturated heterocycles. The van der Waals surface area contributed by atoms with Crippen molar-refractivity contribution in [3.05, 3.63) is 23.3 Å². The maximum atomic E-state index is 10.7. The zero-order valence-electron chi connectivity index (χ0n) is 8.60. The van der Waals surface area contributed by atoms with E-state index in [4.69, 9.17) is 5.11 Å². The van der Waals surface area contributed by atoms with Crippen molar-refractivity contribution in [1.29, 1.82) is 0 Å². The van der Waals surface area contributed by atoms with Gasteiger partial charge in [0.05, 0.1) is 0 Å². The number of aromatic nitrogens is 2. The fourth-order valence-electron chi connectivity index (χ4n) is 1.69. The Morgan fingerprint density at radius 2 is 2.20 bits per heavy atom. The summed E-state index contributed by atoms with van der Waals surface area (Å²) in [4.78, 5) is 20.8. The second-order valence-corrected chi connectivity index (χ2v) is 3.77. The van der Waals surface area contributed by atoms with Crippen molar-refractivity contribution in [2.75, 3.05) is 20.1 Å². The maximum Gasteiger partial charge on any atom is 0.373 e. The van der Waals surface area contributed by atoms with Gasteiger partial charge >= 0.3 is 5.97 Å². The normalized spacial score (nSPS) is 16.9. The molecule has 0 bridgehead atoms. The lowest BCUT2D eigenvalue weighted by atomic mass is 10.1. The molecule has 0 saturated carbocycles. The van der Waals surface area contributed by atoms with Crippen LogP contribution in [0.3, 0.4) is 0 Å². The van der Waals surface area contributed by atoms with E-state index in [9.17, 15) is 4.79 Å². The summed E-state index contributed by atoms with van der Waals surface area (Å²) < 4.78 is 0. The van der Waals surface area contributed by atoms with Crippen molar-refractivity contribution < 1.29 is 9.90 Å². The molecular weight excluding hydrogens is 194 g/mol. The Morgan fingerprint density at radius 3 is 2.93 bits per heavy atom. The van der Waals surface area contributed by atoms with E-state index >= 15 is 0 Å². The molecule has 5 nitrogen and oxygen atoms in total. The van der Waals surface area contributed by atoms with Gasteiger partial charge in [0, 0.05) is 31.4 Å². The van der Waals surface area contributed by atoms with Crippen LogP contribution in [0.15, 0.2) is 6.20 Å². The average molecular weight is 207 g/mol. The molecule has 0 aromatic carbocycles. The van der Waals surface area contributed by atoms with Gasteiger partial charge < -0.3 is 10.0 Å². The van der Waals surface area contributed by atoms with E-state index in [2.05, 4.69) is 21.9 Å². The molecule has 0 unspecified atom stereocenters. The summed E-state index contributed by atoms with van der Waals surface area (Å²) in [6.07, 6.45) is 3.34. The first kappa shape index (κ1) is 10.0. The minimum absolute atomic E-state index is 0.0988. The quantitative estimate of drug-likeness (QED) is 0.712. The number of rotatable bonds is 1. The highest BCUT2D eigenvalue weighted by molar-refractivity contribution is 5.83. The molecule has 1 aromatic rings. The summed E-state index contributed by atoms with van der Waals surface area (Å²) in [5, 5.41) is 8.77. The lowest BCUT2D eigenvalue weighted by Gasteiger charge is -2.10. The molecule has 0 amide bonds. The van der Waals surface area contributed by atoms with Crippen LogP contribution in [0.5, 0.6) is 0 Å². The van der Waals surface area contributed by atoms with Crippen molar-refractivity contribution in [1.82, 2.24) is 14.9 Å². The van der Waals surface area contributed by atoms with Crippen LogP contribution in [-0.4, -0.2) is 46.1 Å². The first-order valence-electron chi connectivity index (χ1n) is 4.93. The SMILES string of the molecule is CN1CCc2cnc(C(=O)O)nc2CC1. The minimum atomic E-state index is -1.06. The van der Waals surface area contributed by atoms with Crippen LogP contribution in [0.25, 0.3) is 0 Å². The number of likely N-dealkylation sites (N-methyl/N-ethyl adjacent to an activating group) is 1. The first-order chi connectivity index (χ1) is 7.16. The molecule has 0 aliphatic carbocycles. The number of nitrogens with zero attached hydrogens (tertiary/aromatic N) is 3. The van der Waals surface area contributed by atoms with Gasteiger partial charge in [0.25, 0.3) is 0 Å². The van der Waals surface area contributed by atoms with Gasteiger partial charge in [0.15, 0.2) is 0 Å². The van der Waals surface area contributed by atoms with E-state index in [1.165, 1.54) is 0 Å². The van der Waals surface area contributed by atoms with Crippen molar-refractivity contribution in [3.63, 3.8) is 0 Å². The highest BCUT2D eigenvalue weighted by Crippen LogP contribution is 2.12. The van der Waals surface area contributed by atoms with Crippen molar-refractivity contribution in [3.8, 4) is 0 Å². The number of hydrogen-bond donors (Lipinski definition) is 1. The second-order valence-electron chi connectivity index (χ2n) is 3.77. The summed E-state index contributed by atoms with van der Waals surface area (Å²) >= 11 is 0. The van der Waals surface area contributed by atoms with Gasteiger partial charge in [-0.05, 0) is 19.0 Å². The largest absolute Gasteiger partial charge is 0.475 e. The zero-order valence-corrected chi connectivity index (χ0v) is 8.60. The average Bonchev–Trinajstić information content (AvgIpc) is 2.40. The summed E-state index contributed by atoms with van der Waals surface area (Å²) in [6, 6.07) is 0. The van der Waals surface area contributed by atoms with E-state index in [1.54, 1.807) is 6.20 Å². The van der Waals surface area contributed by atoms with Crippen molar-refractivity contribution in [2.45, 2.75) is 12.8 Å². The Bertz CT molecular complexity index is 392.